The van der Waals surface area contributed by atoms with Gasteiger partial charge in [-0.25, -0.2) is 13.2 Å². The maximum Gasteiger partial charge on any atom is 0.326 e. The third kappa shape index (κ3) is 3.77. The summed E-state index contributed by atoms with van der Waals surface area (Å²) in [5.41, 5.74) is -0.254. The van der Waals surface area contributed by atoms with E-state index >= 15 is 0 Å². The van der Waals surface area contributed by atoms with Crippen molar-refractivity contribution in [2.75, 3.05) is 24.6 Å². The van der Waals surface area contributed by atoms with Crippen molar-refractivity contribution in [1.82, 2.24) is 15.1 Å². The monoisotopic (exact) mass is 455 g/mol. The molecule has 2 aliphatic rings. The summed E-state index contributed by atoms with van der Waals surface area (Å²) in [5.74, 6) is -1.04. The number of hydrogen-bond acceptors (Lipinski definition) is 5. The highest BCUT2D eigenvalue weighted by Gasteiger charge is 2.54. The summed E-state index contributed by atoms with van der Waals surface area (Å²) in [7, 11) is -3.18. The van der Waals surface area contributed by atoms with Crippen LogP contribution in [0.3, 0.4) is 0 Å². The first kappa shape index (κ1) is 22.0. The number of carbonyl (C=O) groups excluding carboxylic acids is 3. The third-order valence-electron chi connectivity index (χ3n) is 6.12. The second-order valence-corrected chi connectivity index (χ2v) is 10.3. The molecule has 0 aliphatic carbocycles. The zero-order valence-electron chi connectivity index (χ0n) is 17.7. The van der Waals surface area contributed by atoms with Crippen molar-refractivity contribution in [1.29, 1.82) is 0 Å². The third-order valence-corrected chi connectivity index (χ3v) is 7.87. The lowest BCUT2D eigenvalue weighted by Gasteiger charge is -2.29. The summed E-state index contributed by atoms with van der Waals surface area (Å²) in [6, 6.07) is 16.7. The van der Waals surface area contributed by atoms with Crippen LogP contribution in [-0.2, 0) is 25.0 Å². The van der Waals surface area contributed by atoms with Gasteiger partial charge in [-0.15, -0.1) is 0 Å². The quantitative estimate of drug-likeness (QED) is 0.665. The Kier molecular flexibility index (Phi) is 5.77. The van der Waals surface area contributed by atoms with Crippen molar-refractivity contribution < 1.29 is 22.8 Å². The molecule has 2 fully saturated rings. The summed E-state index contributed by atoms with van der Waals surface area (Å²) < 4.78 is 23.7. The SMILES string of the molecule is CCN(C(=O)CN1C(=O)NC(c2ccccc2)(c2ccccc2)C1=O)[C@@H]1CCS(=O)(=O)C1. The van der Waals surface area contributed by atoms with Crippen LogP contribution in [0.5, 0.6) is 0 Å². The summed E-state index contributed by atoms with van der Waals surface area (Å²) in [5, 5.41) is 2.82. The first-order valence-corrected chi connectivity index (χ1v) is 12.4. The maximum atomic E-state index is 13.7. The van der Waals surface area contributed by atoms with Crippen molar-refractivity contribution in [3.05, 3.63) is 71.8 Å². The summed E-state index contributed by atoms with van der Waals surface area (Å²) in [6.45, 7) is 1.61. The van der Waals surface area contributed by atoms with Crippen molar-refractivity contribution in [2.45, 2.75) is 24.9 Å². The number of urea groups is 1. The van der Waals surface area contributed by atoms with Crippen LogP contribution in [-0.4, -0.2) is 66.7 Å². The van der Waals surface area contributed by atoms with Gasteiger partial charge in [-0.3, -0.25) is 14.5 Å². The van der Waals surface area contributed by atoms with Crippen LogP contribution in [0, 0.1) is 0 Å². The normalized spacial score (nSPS) is 21.4. The lowest BCUT2D eigenvalue weighted by Crippen LogP contribution is -2.48. The van der Waals surface area contributed by atoms with E-state index in [1.165, 1.54) is 4.90 Å². The average Bonchev–Trinajstić information content (AvgIpc) is 3.27. The van der Waals surface area contributed by atoms with Gasteiger partial charge >= 0.3 is 6.03 Å². The number of rotatable bonds is 6. The van der Waals surface area contributed by atoms with E-state index < -0.39 is 45.8 Å². The minimum absolute atomic E-state index is 0.0374. The number of likely N-dealkylation sites (N-methyl/N-ethyl adjacent to an activating group) is 1. The molecular formula is C23H25N3O5S. The van der Waals surface area contributed by atoms with Gasteiger partial charge in [0.2, 0.25) is 5.91 Å². The molecular weight excluding hydrogens is 430 g/mol. The van der Waals surface area contributed by atoms with Gasteiger partial charge in [-0.05, 0) is 24.5 Å². The molecule has 4 rings (SSSR count). The van der Waals surface area contributed by atoms with E-state index in [-0.39, 0.29) is 11.5 Å². The fourth-order valence-corrected chi connectivity index (χ4v) is 6.27. The molecule has 2 aromatic carbocycles. The molecule has 1 N–H and O–H groups in total. The average molecular weight is 456 g/mol. The molecule has 2 aliphatic heterocycles. The number of hydrogen-bond donors (Lipinski definition) is 1. The molecule has 0 unspecified atom stereocenters. The predicted molar refractivity (Wildman–Crippen MR) is 118 cm³/mol. The number of sulfone groups is 1. The van der Waals surface area contributed by atoms with E-state index in [4.69, 9.17) is 0 Å². The first-order valence-electron chi connectivity index (χ1n) is 10.5. The molecule has 168 valence electrons. The summed E-state index contributed by atoms with van der Waals surface area (Å²) in [6.07, 6.45) is 0.361. The molecule has 0 saturated carbocycles. The Morgan fingerprint density at radius 1 is 1.06 bits per heavy atom. The number of benzene rings is 2. The highest BCUT2D eigenvalue weighted by atomic mass is 32.2. The summed E-state index contributed by atoms with van der Waals surface area (Å²) >= 11 is 0. The Morgan fingerprint density at radius 3 is 2.09 bits per heavy atom. The van der Waals surface area contributed by atoms with Crippen LogP contribution >= 0.6 is 0 Å². The van der Waals surface area contributed by atoms with Gasteiger partial charge in [0.25, 0.3) is 5.91 Å². The highest BCUT2D eigenvalue weighted by Crippen LogP contribution is 2.36. The standard InChI is InChI=1S/C23H25N3O5S/c1-2-25(19-13-14-32(30,31)16-19)20(27)15-26-21(28)23(24-22(26)29,17-9-5-3-6-10-17)18-11-7-4-8-12-18/h3-12,19H,2,13-16H2,1H3,(H,24,29)/t19-/m1/s1. The van der Waals surface area contributed by atoms with Gasteiger partial charge in [-0.1, -0.05) is 60.7 Å². The molecule has 2 heterocycles. The maximum absolute atomic E-state index is 13.7. The van der Waals surface area contributed by atoms with Crippen LogP contribution in [0.1, 0.15) is 24.5 Å². The predicted octanol–water partition coefficient (Wildman–Crippen LogP) is 1.52. The Morgan fingerprint density at radius 2 is 1.62 bits per heavy atom. The molecule has 2 saturated heterocycles. The van der Waals surface area contributed by atoms with Crippen molar-refractivity contribution >= 4 is 27.7 Å². The van der Waals surface area contributed by atoms with E-state index in [0.29, 0.717) is 24.1 Å². The van der Waals surface area contributed by atoms with Crippen molar-refractivity contribution in [3.63, 3.8) is 0 Å². The Bertz CT molecular complexity index is 1100. The van der Waals surface area contributed by atoms with E-state index in [1.807, 2.05) is 12.1 Å². The van der Waals surface area contributed by atoms with Crippen molar-refractivity contribution in [2.24, 2.45) is 0 Å². The number of nitrogens with one attached hydrogen (secondary N) is 1. The largest absolute Gasteiger partial charge is 0.337 e. The molecule has 0 radical (unpaired) electrons. The van der Waals surface area contributed by atoms with E-state index in [1.54, 1.807) is 55.5 Å². The zero-order valence-corrected chi connectivity index (χ0v) is 18.5. The number of imide groups is 1. The van der Waals surface area contributed by atoms with Gasteiger partial charge in [0.15, 0.2) is 15.4 Å². The number of amides is 4. The smallest absolute Gasteiger partial charge is 0.326 e. The van der Waals surface area contributed by atoms with Crippen LogP contribution in [0.2, 0.25) is 0 Å². The Balaban J connectivity index is 1.64. The van der Waals surface area contributed by atoms with Crippen LogP contribution in [0.4, 0.5) is 4.79 Å². The molecule has 8 nitrogen and oxygen atoms in total. The van der Waals surface area contributed by atoms with E-state index in [9.17, 15) is 22.8 Å². The molecule has 1 atom stereocenters. The van der Waals surface area contributed by atoms with Gasteiger partial charge in [0.1, 0.15) is 6.54 Å². The molecule has 32 heavy (non-hydrogen) atoms. The van der Waals surface area contributed by atoms with Gasteiger partial charge in [0, 0.05) is 12.6 Å². The first-order chi connectivity index (χ1) is 15.3. The van der Waals surface area contributed by atoms with Gasteiger partial charge < -0.3 is 10.2 Å². The topological polar surface area (TPSA) is 104 Å². The number of carbonyl (C=O) groups is 3. The van der Waals surface area contributed by atoms with Crippen LogP contribution < -0.4 is 5.32 Å². The van der Waals surface area contributed by atoms with Gasteiger partial charge in [0.05, 0.1) is 11.5 Å². The second-order valence-electron chi connectivity index (χ2n) is 8.04. The number of nitrogens with zero attached hydrogens (tertiary/aromatic N) is 2. The fourth-order valence-electron chi connectivity index (χ4n) is 4.54. The Hall–Kier alpha value is -3.20. The molecule has 9 heteroatoms. The minimum atomic E-state index is -3.18. The second kappa shape index (κ2) is 8.38. The van der Waals surface area contributed by atoms with E-state index in [0.717, 1.165) is 4.90 Å². The van der Waals surface area contributed by atoms with Crippen LogP contribution in [0.15, 0.2) is 60.7 Å². The fraction of sp³-hybridized carbons (Fsp3) is 0.348. The molecule has 4 amide bonds. The van der Waals surface area contributed by atoms with E-state index in [2.05, 4.69) is 5.32 Å². The minimum Gasteiger partial charge on any atom is -0.337 e. The lowest BCUT2D eigenvalue weighted by atomic mass is 9.82. The Labute approximate surface area is 187 Å². The highest BCUT2D eigenvalue weighted by molar-refractivity contribution is 7.91. The van der Waals surface area contributed by atoms with Crippen molar-refractivity contribution in [3.8, 4) is 0 Å². The zero-order chi connectivity index (χ0) is 22.9. The lowest BCUT2D eigenvalue weighted by molar-refractivity contribution is -0.139. The van der Waals surface area contributed by atoms with Crippen LogP contribution in [0.25, 0.3) is 0 Å². The summed E-state index contributed by atoms with van der Waals surface area (Å²) in [4.78, 5) is 42.1. The molecule has 0 aromatic heterocycles. The molecule has 0 spiro atoms. The molecule has 2 aromatic rings. The van der Waals surface area contributed by atoms with Gasteiger partial charge in [-0.2, -0.15) is 0 Å². The molecule has 0 bridgehead atoms.